The number of aliphatic carboxylic acids is 1. The molecule has 1 heterocycles. The predicted molar refractivity (Wildman–Crippen MR) is 71.4 cm³/mol. The summed E-state index contributed by atoms with van der Waals surface area (Å²) in [6.45, 7) is 2.80. The highest BCUT2D eigenvalue weighted by molar-refractivity contribution is 6.40. The summed E-state index contributed by atoms with van der Waals surface area (Å²) < 4.78 is 0. The molecule has 4 N–H and O–H groups in total. The van der Waals surface area contributed by atoms with E-state index in [1.54, 1.807) is 0 Å². The van der Waals surface area contributed by atoms with Crippen LogP contribution in [0, 0.1) is 0 Å². The summed E-state index contributed by atoms with van der Waals surface area (Å²) in [5.41, 5.74) is 0. The average Bonchev–Trinajstić information content (AvgIpc) is 2.76. The average molecular weight is 260 g/mol. The van der Waals surface area contributed by atoms with Crippen LogP contribution in [0.3, 0.4) is 0 Å². The second-order valence-electron chi connectivity index (χ2n) is 4.78. The first-order valence-corrected chi connectivity index (χ1v) is 6.37. The maximum absolute atomic E-state index is 10.5. The predicted octanol–water partition coefficient (Wildman–Crippen LogP) is -0.378. The number of carboxylic acid groups (broad SMARTS) is 1. The third-order valence-corrected chi connectivity index (χ3v) is 2.95. The molecule has 1 aliphatic heterocycles. The molecule has 1 aliphatic rings. The van der Waals surface area contributed by atoms with Gasteiger partial charge in [0.15, 0.2) is 0 Å². The Kier molecular flexibility index (Phi) is 9.00. The Balaban J connectivity index is 0.000000360. The van der Waals surface area contributed by atoms with Gasteiger partial charge in [0.1, 0.15) is 6.04 Å². The quantitative estimate of drug-likeness (QED) is 0.504. The van der Waals surface area contributed by atoms with Crippen molar-refractivity contribution in [3.63, 3.8) is 0 Å². The molecule has 7 heteroatoms. The highest BCUT2D eigenvalue weighted by Crippen LogP contribution is 2.10. The van der Waals surface area contributed by atoms with E-state index in [4.69, 9.17) is 15.2 Å². The largest absolute Gasteiger partial charge is 0.480 e. The van der Waals surface area contributed by atoms with Crippen molar-refractivity contribution in [3.05, 3.63) is 0 Å². The zero-order chi connectivity index (χ0) is 14.1. The smallest absolute Gasteiger partial charge is 0.451 e. The van der Waals surface area contributed by atoms with Crippen molar-refractivity contribution in [1.29, 1.82) is 0 Å². The SMILES string of the molecule is CCCCB(O)O.CN(C)C1CNC(C(=O)O)C1. The van der Waals surface area contributed by atoms with E-state index < -0.39 is 13.1 Å². The fraction of sp³-hybridized carbons (Fsp3) is 0.909. The fourth-order valence-corrected chi connectivity index (χ4v) is 1.69. The van der Waals surface area contributed by atoms with E-state index in [0.717, 1.165) is 19.4 Å². The maximum Gasteiger partial charge on any atom is 0.451 e. The van der Waals surface area contributed by atoms with Crippen LogP contribution in [0.2, 0.25) is 6.32 Å². The third-order valence-electron chi connectivity index (χ3n) is 2.95. The zero-order valence-corrected chi connectivity index (χ0v) is 11.5. The van der Waals surface area contributed by atoms with Gasteiger partial charge in [0.25, 0.3) is 0 Å². The normalized spacial score (nSPS) is 22.6. The summed E-state index contributed by atoms with van der Waals surface area (Å²) in [5.74, 6) is -0.741. The van der Waals surface area contributed by atoms with Crippen molar-refractivity contribution in [2.75, 3.05) is 20.6 Å². The van der Waals surface area contributed by atoms with Gasteiger partial charge in [-0.2, -0.15) is 0 Å². The molecule has 0 amide bonds. The molecule has 0 saturated carbocycles. The van der Waals surface area contributed by atoms with E-state index in [-0.39, 0.29) is 6.04 Å². The van der Waals surface area contributed by atoms with Crippen LogP contribution in [0.4, 0.5) is 0 Å². The van der Waals surface area contributed by atoms with Crippen LogP contribution in [0.5, 0.6) is 0 Å². The minimum absolute atomic E-state index is 0.345. The molecular formula is C11H25BN2O4. The van der Waals surface area contributed by atoms with Gasteiger partial charge in [-0.1, -0.05) is 19.8 Å². The molecule has 2 atom stereocenters. The highest BCUT2D eigenvalue weighted by Gasteiger charge is 2.29. The minimum atomic E-state index is -1.10. The number of carbonyl (C=O) groups is 1. The van der Waals surface area contributed by atoms with Gasteiger partial charge in [0, 0.05) is 12.6 Å². The Labute approximate surface area is 109 Å². The Morgan fingerprint density at radius 3 is 2.28 bits per heavy atom. The summed E-state index contributed by atoms with van der Waals surface area (Å²) in [5, 5.41) is 28.1. The number of likely N-dealkylation sites (N-methyl/N-ethyl adjacent to an activating group) is 1. The van der Waals surface area contributed by atoms with Crippen molar-refractivity contribution in [2.24, 2.45) is 0 Å². The van der Waals surface area contributed by atoms with Gasteiger partial charge in [0.2, 0.25) is 0 Å². The Bertz CT molecular complexity index is 239. The number of rotatable bonds is 5. The van der Waals surface area contributed by atoms with Crippen molar-refractivity contribution >= 4 is 13.1 Å². The van der Waals surface area contributed by atoms with Gasteiger partial charge in [-0.3, -0.25) is 4.79 Å². The van der Waals surface area contributed by atoms with Crippen LogP contribution < -0.4 is 5.32 Å². The van der Waals surface area contributed by atoms with Crippen LogP contribution in [-0.4, -0.2) is 65.9 Å². The van der Waals surface area contributed by atoms with Crippen molar-refractivity contribution in [2.45, 2.75) is 44.6 Å². The lowest BCUT2D eigenvalue weighted by atomic mass is 9.84. The molecule has 0 aromatic carbocycles. The lowest BCUT2D eigenvalue weighted by Crippen LogP contribution is -2.30. The number of carboxylic acids is 1. The van der Waals surface area contributed by atoms with Gasteiger partial charge < -0.3 is 25.4 Å². The highest BCUT2D eigenvalue weighted by atomic mass is 16.4. The first-order valence-electron chi connectivity index (χ1n) is 6.37. The molecule has 0 spiro atoms. The summed E-state index contributed by atoms with van der Waals surface area (Å²) in [4.78, 5) is 12.5. The number of hydrogen-bond acceptors (Lipinski definition) is 5. The van der Waals surface area contributed by atoms with Crippen molar-refractivity contribution in [3.8, 4) is 0 Å². The molecule has 1 saturated heterocycles. The molecule has 0 bridgehead atoms. The van der Waals surface area contributed by atoms with E-state index >= 15 is 0 Å². The van der Waals surface area contributed by atoms with Crippen LogP contribution in [0.25, 0.3) is 0 Å². The molecule has 1 fully saturated rings. The minimum Gasteiger partial charge on any atom is -0.480 e. The lowest BCUT2D eigenvalue weighted by molar-refractivity contribution is -0.139. The van der Waals surface area contributed by atoms with Crippen molar-refractivity contribution < 1.29 is 19.9 Å². The molecule has 0 radical (unpaired) electrons. The molecule has 0 aromatic heterocycles. The number of unbranched alkanes of at least 4 members (excludes halogenated alkanes) is 1. The van der Waals surface area contributed by atoms with E-state index in [1.807, 2.05) is 21.0 Å². The van der Waals surface area contributed by atoms with Gasteiger partial charge >= 0.3 is 13.1 Å². The molecule has 0 aromatic rings. The number of nitrogens with one attached hydrogen (secondary N) is 1. The molecule has 0 aliphatic carbocycles. The summed E-state index contributed by atoms with van der Waals surface area (Å²) in [6, 6.07) is 0.0264. The Morgan fingerprint density at radius 2 is 2.06 bits per heavy atom. The van der Waals surface area contributed by atoms with Crippen molar-refractivity contribution in [1.82, 2.24) is 10.2 Å². The van der Waals surface area contributed by atoms with Crippen LogP contribution in [0.1, 0.15) is 26.2 Å². The third kappa shape index (κ3) is 7.65. The maximum atomic E-state index is 10.5. The van der Waals surface area contributed by atoms with E-state index in [9.17, 15) is 4.79 Å². The zero-order valence-electron chi connectivity index (χ0n) is 11.5. The van der Waals surface area contributed by atoms with E-state index in [1.165, 1.54) is 0 Å². The topological polar surface area (TPSA) is 93.0 Å². The number of hydrogen-bond donors (Lipinski definition) is 4. The van der Waals surface area contributed by atoms with E-state index in [2.05, 4.69) is 10.2 Å². The summed E-state index contributed by atoms with van der Waals surface area (Å²) >= 11 is 0. The monoisotopic (exact) mass is 260 g/mol. The molecule has 1 rings (SSSR count). The lowest BCUT2D eigenvalue weighted by Gasteiger charge is -2.16. The van der Waals surface area contributed by atoms with E-state index in [0.29, 0.717) is 18.8 Å². The van der Waals surface area contributed by atoms with Gasteiger partial charge in [-0.05, 0) is 26.8 Å². The molecule has 106 valence electrons. The molecule has 6 nitrogen and oxygen atoms in total. The van der Waals surface area contributed by atoms with Crippen LogP contribution in [-0.2, 0) is 4.79 Å². The van der Waals surface area contributed by atoms with Crippen LogP contribution >= 0.6 is 0 Å². The van der Waals surface area contributed by atoms with Gasteiger partial charge in [-0.25, -0.2) is 0 Å². The summed E-state index contributed by atoms with van der Waals surface area (Å²) in [6.07, 6.45) is 3.15. The van der Waals surface area contributed by atoms with Gasteiger partial charge in [0.05, 0.1) is 0 Å². The molecule has 2 unspecified atom stereocenters. The second kappa shape index (κ2) is 9.32. The number of nitrogens with zero attached hydrogens (tertiary/aromatic N) is 1. The second-order valence-corrected chi connectivity index (χ2v) is 4.78. The van der Waals surface area contributed by atoms with Crippen LogP contribution in [0.15, 0.2) is 0 Å². The standard InChI is InChI=1S/C7H14N2O2.C4H11BO2/c1-9(2)5-3-6(7(10)11)8-4-5;1-2-3-4-5(6)7/h5-6,8H,3-4H2,1-2H3,(H,10,11);6-7H,2-4H2,1H3. The van der Waals surface area contributed by atoms with Gasteiger partial charge in [-0.15, -0.1) is 0 Å². The Hall–Kier alpha value is -0.625. The molecule has 18 heavy (non-hydrogen) atoms. The Morgan fingerprint density at radius 1 is 1.44 bits per heavy atom. The summed E-state index contributed by atoms with van der Waals surface area (Å²) in [7, 11) is 2.84. The molecular weight excluding hydrogens is 235 g/mol. The first-order chi connectivity index (χ1) is 8.38. The first kappa shape index (κ1) is 17.4. The fourth-order valence-electron chi connectivity index (χ4n) is 1.69.